The third-order valence-electron chi connectivity index (χ3n) is 4.77. The van der Waals surface area contributed by atoms with Gasteiger partial charge in [0.2, 0.25) is 5.91 Å². The van der Waals surface area contributed by atoms with Crippen molar-refractivity contribution in [2.24, 2.45) is 0 Å². The predicted octanol–water partition coefficient (Wildman–Crippen LogP) is 2.37. The van der Waals surface area contributed by atoms with E-state index in [0.717, 1.165) is 18.5 Å². The number of piperidine rings is 1. The van der Waals surface area contributed by atoms with E-state index >= 15 is 0 Å². The smallest absolute Gasteiger partial charge is 0.269 e. The van der Waals surface area contributed by atoms with Crippen LogP contribution in [0.5, 0.6) is 0 Å². The summed E-state index contributed by atoms with van der Waals surface area (Å²) >= 11 is 5.96. The van der Waals surface area contributed by atoms with Gasteiger partial charge >= 0.3 is 0 Å². The number of carbonyl (C=O) groups is 1. The lowest BCUT2D eigenvalue weighted by Crippen LogP contribution is -2.42. The second kappa shape index (κ2) is 7.91. The first-order valence-electron chi connectivity index (χ1n) is 8.72. The molecular formula is C19H23ClN4O2. The van der Waals surface area contributed by atoms with Crippen LogP contribution in [-0.2, 0) is 11.3 Å². The normalized spacial score (nSPS) is 17.2. The Labute approximate surface area is 158 Å². The van der Waals surface area contributed by atoms with Crippen LogP contribution in [0.4, 0.5) is 5.69 Å². The third-order valence-corrected chi connectivity index (χ3v) is 5.02. The summed E-state index contributed by atoms with van der Waals surface area (Å²) in [5.41, 5.74) is 1.65. The van der Waals surface area contributed by atoms with Gasteiger partial charge in [0.15, 0.2) is 0 Å². The lowest BCUT2D eigenvalue weighted by Gasteiger charge is -2.33. The van der Waals surface area contributed by atoms with E-state index in [1.54, 1.807) is 6.20 Å². The molecule has 6 nitrogen and oxygen atoms in total. The van der Waals surface area contributed by atoms with Crippen LogP contribution in [0.1, 0.15) is 24.3 Å². The van der Waals surface area contributed by atoms with Gasteiger partial charge in [-0.1, -0.05) is 23.7 Å². The van der Waals surface area contributed by atoms with E-state index in [0.29, 0.717) is 24.0 Å². The summed E-state index contributed by atoms with van der Waals surface area (Å²) in [5.74, 6) is 0.224. The van der Waals surface area contributed by atoms with Gasteiger partial charge in [-0.05, 0) is 30.5 Å². The van der Waals surface area contributed by atoms with Crippen molar-refractivity contribution in [1.82, 2.24) is 14.7 Å². The molecule has 1 amide bonds. The average Bonchev–Trinajstić information content (AvgIpc) is 2.64. The van der Waals surface area contributed by atoms with Gasteiger partial charge < -0.3 is 9.80 Å². The number of anilines is 1. The molecule has 1 fully saturated rings. The monoisotopic (exact) mass is 374 g/mol. The topological polar surface area (TPSA) is 58.4 Å². The summed E-state index contributed by atoms with van der Waals surface area (Å²) in [4.78, 5) is 28.5. The Morgan fingerprint density at radius 2 is 2.04 bits per heavy atom. The quantitative estimate of drug-likeness (QED) is 0.824. The zero-order chi connectivity index (χ0) is 18.7. The molecule has 1 aromatic carbocycles. The molecule has 1 atom stereocenters. The SMILES string of the molecule is CN(C)c1cnn(CC(=O)N2CCCC(c3ccc(Cl)cc3)C2)c(=O)c1. The van der Waals surface area contributed by atoms with Crippen LogP contribution in [0.15, 0.2) is 41.3 Å². The first-order chi connectivity index (χ1) is 12.4. The fourth-order valence-corrected chi connectivity index (χ4v) is 3.35. The molecule has 1 aliphatic rings. The highest BCUT2D eigenvalue weighted by molar-refractivity contribution is 6.30. The molecule has 1 saturated heterocycles. The number of likely N-dealkylation sites (tertiary alicyclic amines) is 1. The van der Waals surface area contributed by atoms with Crippen LogP contribution >= 0.6 is 11.6 Å². The van der Waals surface area contributed by atoms with Crippen molar-refractivity contribution in [1.29, 1.82) is 0 Å². The van der Waals surface area contributed by atoms with Crippen molar-refractivity contribution in [2.75, 3.05) is 32.1 Å². The number of aromatic nitrogens is 2. The molecule has 3 rings (SSSR count). The fraction of sp³-hybridized carbons (Fsp3) is 0.421. The van der Waals surface area contributed by atoms with Crippen molar-refractivity contribution in [3.05, 3.63) is 57.5 Å². The molecule has 0 N–H and O–H groups in total. The number of nitrogens with zero attached hydrogens (tertiary/aromatic N) is 4. The van der Waals surface area contributed by atoms with Crippen LogP contribution in [-0.4, -0.2) is 47.8 Å². The van der Waals surface area contributed by atoms with Gasteiger partial charge in [-0.2, -0.15) is 5.10 Å². The van der Waals surface area contributed by atoms with E-state index in [2.05, 4.69) is 5.10 Å². The summed E-state index contributed by atoms with van der Waals surface area (Å²) in [6.07, 6.45) is 3.59. The number of amides is 1. The van der Waals surface area contributed by atoms with E-state index in [-0.39, 0.29) is 18.0 Å². The molecule has 0 aliphatic carbocycles. The molecule has 2 aromatic rings. The standard InChI is InChI=1S/C19H23ClN4O2/c1-22(2)17-10-18(25)24(21-11-17)13-19(26)23-9-3-4-15(12-23)14-5-7-16(20)8-6-14/h5-8,10-11,15H,3-4,9,12-13H2,1-2H3. The molecule has 26 heavy (non-hydrogen) atoms. The number of hydrogen-bond acceptors (Lipinski definition) is 4. The zero-order valence-electron chi connectivity index (χ0n) is 15.1. The van der Waals surface area contributed by atoms with E-state index < -0.39 is 0 Å². The zero-order valence-corrected chi connectivity index (χ0v) is 15.8. The van der Waals surface area contributed by atoms with Gasteiger partial charge in [-0.25, -0.2) is 4.68 Å². The van der Waals surface area contributed by atoms with Gasteiger partial charge in [-0.15, -0.1) is 0 Å². The Morgan fingerprint density at radius 1 is 1.31 bits per heavy atom. The highest BCUT2D eigenvalue weighted by atomic mass is 35.5. The van der Waals surface area contributed by atoms with Crippen molar-refractivity contribution in [3.63, 3.8) is 0 Å². The summed E-state index contributed by atoms with van der Waals surface area (Å²) < 4.78 is 1.22. The van der Waals surface area contributed by atoms with Gasteiger partial charge in [0, 0.05) is 44.2 Å². The number of rotatable bonds is 4. The van der Waals surface area contributed by atoms with Crippen LogP contribution in [0.25, 0.3) is 0 Å². The second-order valence-electron chi connectivity index (χ2n) is 6.83. The summed E-state index contributed by atoms with van der Waals surface area (Å²) in [6, 6.07) is 9.30. The van der Waals surface area contributed by atoms with Crippen LogP contribution < -0.4 is 10.5 Å². The fourth-order valence-electron chi connectivity index (χ4n) is 3.23. The van der Waals surface area contributed by atoms with Gasteiger partial charge in [0.05, 0.1) is 11.9 Å². The van der Waals surface area contributed by atoms with Gasteiger partial charge in [0.1, 0.15) is 6.54 Å². The van der Waals surface area contributed by atoms with Crippen LogP contribution in [0, 0.1) is 0 Å². The summed E-state index contributed by atoms with van der Waals surface area (Å²) in [7, 11) is 3.69. The van der Waals surface area contributed by atoms with E-state index in [9.17, 15) is 9.59 Å². The Balaban J connectivity index is 1.68. The van der Waals surface area contributed by atoms with Crippen molar-refractivity contribution < 1.29 is 4.79 Å². The first-order valence-corrected chi connectivity index (χ1v) is 9.09. The van der Waals surface area contributed by atoms with Gasteiger partial charge in [0.25, 0.3) is 5.56 Å². The van der Waals surface area contributed by atoms with E-state index in [4.69, 9.17) is 11.6 Å². The maximum atomic E-state index is 12.7. The molecule has 2 heterocycles. The number of benzene rings is 1. The molecule has 0 saturated carbocycles. The number of carbonyl (C=O) groups excluding carboxylic acids is 1. The second-order valence-corrected chi connectivity index (χ2v) is 7.27. The Morgan fingerprint density at radius 3 is 2.69 bits per heavy atom. The lowest BCUT2D eigenvalue weighted by molar-refractivity contribution is -0.133. The summed E-state index contributed by atoms with van der Waals surface area (Å²) in [6.45, 7) is 1.35. The minimum Gasteiger partial charge on any atom is -0.376 e. The highest BCUT2D eigenvalue weighted by Gasteiger charge is 2.25. The van der Waals surface area contributed by atoms with Crippen molar-refractivity contribution in [2.45, 2.75) is 25.3 Å². The highest BCUT2D eigenvalue weighted by Crippen LogP contribution is 2.27. The first kappa shape index (κ1) is 18.5. The molecule has 1 aliphatic heterocycles. The molecular weight excluding hydrogens is 352 g/mol. The maximum Gasteiger partial charge on any atom is 0.269 e. The lowest BCUT2D eigenvalue weighted by atomic mass is 9.90. The minimum absolute atomic E-state index is 0.0279. The van der Waals surface area contributed by atoms with Crippen molar-refractivity contribution in [3.8, 4) is 0 Å². The van der Waals surface area contributed by atoms with E-state index in [1.807, 2.05) is 48.2 Å². The molecule has 138 valence electrons. The maximum absolute atomic E-state index is 12.7. The largest absolute Gasteiger partial charge is 0.376 e. The van der Waals surface area contributed by atoms with Crippen molar-refractivity contribution >= 4 is 23.2 Å². The summed E-state index contributed by atoms with van der Waals surface area (Å²) in [5, 5.41) is 4.83. The Hall–Kier alpha value is -2.34. The van der Waals surface area contributed by atoms with Gasteiger partial charge in [-0.3, -0.25) is 9.59 Å². The molecule has 1 aromatic heterocycles. The molecule has 7 heteroatoms. The molecule has 0 spiro atoms. The molecule has 1 unspecified atom stereocenters. The van der Waals surface area contributed by atoms with Crippen LogP contribution in [0.2, 0.25) is 5.02 Å². The third kappa shape index (κ3) is 4.25. The molecule has 0 radical (unpaired) electrons. The van der Waals surface area contributed by atoms with Crippen LogP contribution in [0.3, 0.4) is 0 Å². The minimum atomic E-state index is -0.268. The Kier molecular flexibility index (Phi) is 5.61. The predicted molar refractivity (Wildman–Crippen MR) is 103 cm³/mol. The molecule has 0 bridgehead atoms. The van der Waals surface area contributed by atoms with E-state index in [1.165, 1.54) is 16.3 Å². The number of halogens is 1. The average molecular weight is 375 g/mol. The number of hydrogen-bond donors (Lipinski definition) is 0. The Bertz CT molecular complexity index is 832.